The highest BCUT2D eigenvalue weighted by atomic mass is 35.5. The maximum Gasteiger partial charge on any atom is 0.239 e. The number of aryl methyl sites for hydroxylation is 2. The Balaban J connectivity index is 1.64. The van der Waals surface area contributed by atoms with Crippen molar-refractivity contribution in [1.82, 2.24) is 15.3 Å². The molecule has 0 aliphatic rings. The van der Waals surface area contributed by atoms with Crippen molar-refractivity contribution in [1.29, 1.82) is 0 Å². The molecule has 0 unspecified atom stereocenters. The molecule has 0 radical (unpaired) electrons. The van der Waals surface area contributed by atoms with Gasteiger partial charge in [-0.1, -0.05) is 29.8 Å². The van der Waals surface area contributed by atoms with Crippen LogP contribution in [0, 0.1) is 13.8 Å². The number of nitrogens with one attached hydrogen (secondary N) is 2. The molecule has 0 spiro atoms. The van der Waals surface area contributed by atoms with Gasteiger partial charge in [0.15, 0.2) is 0 Å². The molecule has 2 aromatic heterocycles. The van der Waals surface area contributed by atoms with Crippen molar-refractivity contribution in [2.24, 2.45) is 0 Å². The Hall–Kier alpha value is -2.18. The number of fused-ring (bicyclic) bond motifs is 1. The van der Waals surface area contributed by atoms with Crippen LogP contribution in [0.1, 0.15) is 16.0 Å². The van der Waals surface area contributed by atoms with Gasteiger partial charge in [0.25, 0.3) is 0 Å². The molecule has 3 rings (SSSR count). The van der Waals surface area contributed by atoms with E-state index >= 15 is 0 Å². The zero-order chi connectivity index (χ0) is 17.1. The first kappa shape index (κ1) is 16.7. The van der Waals surface area contributed by atoms with Crippen LogP contribution in [0.2, 0.25) is 5.02 Å². The maximum atomic E-state index is 12.1. The summed E-state index contributed by atoms with van der Waals surface area (Å²) in [6.07, 6.45) is 1.52. The van der Waals surface area contributed by atoms with Gasteiger partial charge in [0, 0.05) is 16.4 Å². The topological polar surface area (TPSA) is 66.9 Å². The molecule has 2 heterocycles. The number of hydrogen-bond acceptors (Lipinski definition) is 5. The number of carbonyl (C=O) groups excluding carboxylic acids is 1. The van der Waals surface area contributed by atoms with Gasteiger partial charge in [0.05, 0.1) is 11.9 Å². The van der Waals surface area contributed by atoms with Gasteiger partial charge >= 0.3 is 0 Å². The molecule has 0 bridgehead atoms. The van der Waals surface area contributed by atoms with Crippen LogP contribution >= 0.6 is 22.9 Å². The second-order valence-corrected chi connectivity index (χ2v) is 7.02. The lowest BCUT2D eigenvalue weighted by Gasteiger charge is -2.09. The summed E-state index contributed by atoms with van der Waals surface area (Å²) in [7, 11) is 0. The minimum atomic E-state index is -0.119. The first-order valence-corrected chi connectivity index (χ1v) is 8.70. The summed E-state index contributed by atoms with van der Waals surface area (Å²) in [5.74, 6) is 0.570. The molecule has 7 heteroatoms. The Bertz CT molecular complexity index is 893. The van der Waals surface area contributed by atoms with Crippen LogP contribution in [0.3, 0.4) is 0 Å². The molecule has 0 atom stereocenters. The number of rotatable bonds is 5. The van der Waals surface area contributed by atoms with Gasteiger partial charge in [0.2, 0.25) is 5.91 Å². The quantitative estimate of drug-likeness (QED) is 0.728. The summed E-state index contributed by atoms with van der Waals surface area (Å²) in [5, 5.41) is 7.59. The van der Waals surface area contributed by atoms with E-state index in [4.69, 9.17) is 11.6 Å². The van der Waals surface area contributed by atoms with Crippen molar-refractivity contribution in [3.05, 3.63) is 51.6 Å². The maximum absolute atomic E-state index is 12.1. The highest BCUT2D eigenvalue weighted by molar-refractivity contribution is 7.18. The molecular weight excluding hydrogens is 344 g/mol. The fourth-order valence-corrected chi connectivity index (χ4v) is 3.58. The second kappa shape index (κ2) is 7.15. The molecule has 0 aliphatic heterocycles. The Morgan fingerprint density at radius 3 is 2.83 bits per heavy atom. The third kappa shape index (κ3) is 3.49. The molecule has 0 saturated heterocycles. The van der Waals surface area contributed by atoms with E-state index in [9.17, 15) is 4.79 Å². The fraction of sp³-hybridized carbons (Fsp3) is 0.235. The van der Waals surface area contributed by atoms with E-state index in [1.54, 1.807) is 17.4 Å². The number of thiophene rings is 1. The van der Waals surface area contributed by atoms with Crippen LogP contribution in [0.15, 0.2) is 30.6 Å². The lowest BCUT2D eigenvalue weighted by Crippen LogP contribution is -2.29. The summed E-state index contributed by atoms with van der Waals surface area (Å²) in [6.45, 7) is 4.64. The number of halogens is 1. The number of anilines is 1. The Labute approximate surface area is 149 Å². The molecular formula is C17H17ClN4OS. The molecule has 2 N–H and O–H groups in total. The van der Waals surface area contributed by atoms with Gasteiger partial charge in [-0.3, -0.25) is 4.79 Å². The first-order valence-electron chi connectivity index (χ1n) is 7.51. The van der Waals surface area contributed by atoms with E-state index in [0.29, 0.717) is 17.4 Å². The predicted molar refractivity (Wildman–Crippen MR) is 98.7 cm³/mol. The summed E-state index contributed by atoms with van der Waals surface area (Å²) >= 11 is 7.71. The third-order valence-electron chi connectivity index (χ3n) is 3.82. The lowest BCUT2D eigenvalue weighted by molar-refractivity contribution is -0.119. The number of hydrogen-bond donors (Lipinski definition) is 2. The minimum absolute atomic E-state index is 0.119. The van der Waals surface area contributed by atoms with Gasteiger partial charge in [-0.25, -0.2) is 9.97 Å². The zero-order valence-corrected chi connectivity index (χ0v) is 15.0. The van der Waals surface area contributed by atoms with Crippen molar-refractivity contribution in [3.8, 4) is 0 Å². The summed E-state index contributed by atoms with van der Waals surface area (Å²) in [5.41, 5.74) is 2.04. The number of benzene rings is 1. The molecule has 1 aromatic carbocycles. The molecule has 0 saturated carbocycles. The first-order chi connectivity index (χ1) is 11.6. The van der Waals surface area contributed by atoms with Gasteiger partial charge < -0.3 is 10.6 Å². The fourth-order valence-electron chi connectivity index (χ4n) is 2.38. The number of amides is 1. The smallest absolute Gasteiger partial charge is 0.239 e. The molecule has 1 amide bonds. The highest BCUT2D eigenvalue weighted by Gasteiger charge is 2.12. The molecule has 0 fully saturated rings. The highest BCUT2D eigenvalue weighted by Crippen LogP contribution is 2.32. The monoisotopic (exact) mass is 360 g/mol. The largest absolute Gasteiger partial charge is 0.360 e. The summed E-state index contributed by atoms with van der Waals surface area (Å²) < 4.78 is 0. The van der Waals surface area contributed by atoms with Crippen LogP contribution < -0.4 is 10.6 Å². The second-order valence-electron chi connectivity index (χ2n) is 5.41. The van der Waals surface area contributed by atoms with Crippen LogP contribution in [0.25, 0.3) is 10.2 Å². The standard InChI is InChI=1S/C17H17ClN4OS/c1-10-11(2)24-17-15(10)16(21-9-22-17)20-8-14(23)19-7-12-5-3-4-6-13(12)18/h3-6,9H,7-8H2,1-2H3,(H,19,23)(H,20,21,22). The van der Waals surface area contributed by atoms with Crippen molar-refractivity contribution >= 4 is 44.9 Å². The average Bonchev–Trinajstić information content (AvgIpc) is 2.87. The lowest BCUT2D eigenvalue weighted by atomic mass is 10.2. The third-order valence-corrected chi connectivity index (χ3v) is 5.30. The molecule has 5 nitrogen and oxygen atoms in total. The number of carbonyl (C=O) groups is 1. The van der Waals surface area contributed by atoms with E-state index in [2.05, 4.69) is 27.5 Å². The Morgan fingerprint density at radius 1 is 1.25 bits per heavy atom. The average molecular weight is 361 g/mol. The number of nitrogens with zero attached hydrogens (tertiary/aromatic N) is 2. The number of aromatic nitrogens is 2. The van der Waals surface area contributed by atoms with Crippen molar-refractivity contribution in [2.45, 2.75) is 20.4 Å². The van der Waals surface area contributed by atoms with Crippen molar-refractivity contribution < 1.29 is 4.79 Å². The van der Waals surface area contributed by atoms with Gasteiger partial charge in [-0.05, 0) is 31.0 Å². The van der Waals surface area contributed by atoms with E-state index in [-0.39, 0.29) is 12.5 Å². The molecule has 0 aliphatic carbocycles. The summed E-state index contributed by atoms with van der Waals surface area (Å²) in [4.78, 5) is 22.8. The van der Waals surface area contributed by atoms with E-state index in [1.807, 2.05) is 25.1 Å². The SMILES string of the molecule is Cc1sc2ncnc(NCC(=O)NCc3ccccc3Cl)c2c1C. The Kier molecular flexibility index (Phi) is 4.97. The van der Waals surface area contributed by atoms with E-state index < -0.39 is 0 Å². The molecule has 3 aromatic rings. The molecule has 24 heavy (non-hydrogen) atoms. The van der Waals surface area contributed by atoms with E-state index in [0.717, 1.165) is 21.3 Å². The van der Waals surface area contributed by atoms with Crippen molar-refractivity contribution in [2.75, 3.05) is 11.9 Å². The van der Waals surface area contributed by atoms with Gasteiger partial charge in [-0.15, -0.1) is 11.3 Å². The van der Waals surface area contributed by atoms with Crippen LogP contribution in [-0.4, -0.2) is 22.4 Å². The van der Waals surface area contributed by atoms with Gasteiger partial charge in [0.1, 0.15) is 17.0 Å². The normalized spacial score (nSPS) is 10.8. The minimum Gasteiger partial charge on any atom is -0.360 e. The van der Waals surface area contributed by atoms with Crippen LogP contribution in [0.5, 0.6) is 0 Å². The Morgan fingerprint density at radius 2 is 2.04 bits per heavy atom. The van der Waals surface area contributed by atoms with E-state index in [1.165, 1.54) is 11.2 Å². The van der Waals surface area contributed by atoms with Crippen LogP contribution in [0.4, 0.5) is 5.82 Å². The predicted octanol–water partition coefficient (Wildman–Crippen LogP) is 3.69. The van der Waals surface area contributed by atoms with Crippen molar-refractivity contribution in [3.63, 3.8) is 0 Å². The summed E-state index contributed by atoms with van der Waals surface area (Å²) in [6, 6.07) is 7.45. The molecule has 124 valence electrons. The van der Waals surface area contributed by atoms with Gasteiger partial charge in [-0.2, -0.15) is 0 Å². The van der Waals surface area contributed by atoms with Crippen LogP contribution in [-0.2, 0) is 11.3 Å². The zero-order valence-electron chi connectivity index (χ0n) is 13.4.